The van der Waals surface area contributed by atoms with Crippen molar-refractivity contribution in [3.8, 4) is 17.2 Å². The van der Waals surface area contributed by atoms with E-state index in [0.717, 1.165) is 11.1 Å². The molecule has 0 saturated carbocycles. The summed E-state index contributed by atoms with van der Waals surface area (Å²) in [4.78, 5) is 30.4. The molecule has 0 N–H and O–H groups in total. The van der Waals surface area contributed by atoms with Gasteiger partial charge in [-0.3, -0.25) is 9.36 Å². The van der Waals surface area contributed by atoms with Crippen LogP contribution in [0, 0.1) is 11.3 Å². The third-order valence-corrected chi connectivity index (χ3v) is 5.30. The van der Waals surface area contributed by atoms with E-state index in [2.05, 4.69) is 4.98 Å². The van der Waals surface area contributed by atoms with E-state index >= 15 is 0 Å². The number of nitriles is 1. The zero-order valence-electron chi connectivity index (χ0n) is 15.2. The lowest BCUT2D eigenvalue weighted by Gasteiger charge is -2.11. The van der Waals surface area contributed by atoms with Crippen LogP contribution < -0.4 is 5.56 Å². The summed E-state index contributed by atoms with van der Waals surface area (Å²) in [6.07, 6.45) is 0. The maximum absolute atomic E-state index is 13.1. The molecular weight excluding hydrogens is 386 g/mol. The molecule has 0 saturated heterocycles. The molecule has 0 aliphatic carbocycles. The first kappa shape index (κ1) is 18.6. The van der Waals surface area contributed by atoms with Crippen molar-refractivity contribution in [3.63, 3.8) is 0 Å². The highest BCUT2D eigenvalue weighted by atomic mass is 32.1. The fourth-order valence-corrected chi connectivity index (χ4v) is 3.98. The van der Waals surface area contributed by atoms with E-state index in [-0.39, 0.29) is 24.5 Å². The average Bonchev–Trinajstić information content (AvgIpc) is 3.20. The minimum absolute atomic E-state index is 0.177. The predicted octanol–water partition coefficient (Wildman–Crippen LogP) is 4.01. The van der Waals surface area contributed by atoms with Crippen molar-refractivity contribution in [2.45, 2.75) is 13.2 Å². The lowest BCUT2D eigenvalue weighted by atomic mass is 10.1. The molecule has 2 heterocycles. The average molecular weight is 401 g/mol. The van der Waals surface area contributed by atoms with Gasteiger partial charge in [0.25, 0.3) is 5.56 Å². The topological polar surface area (TPSA) is 85.0 Å². The van der Waals surface area contributed by atoms with Gasteiger partial charge in [0.15, 0.2) is 5.82 Å². The Hall–Kier alpha value is -3.76. The Morgan fingerprint density at radius 3 is 2.48 bits per heavy atom. The Labute approximate surface area is 170 Å². The number of aromatic nitrogens is 2. The Morgan fingerprint density at radius 1 is 1.10 bits per heavy atom. The molecule has 0 radical (unpaired) electrons. The van der Waals surface area contributed by atoms with Gasteiger partial charge in [-0.15, -0.1) is 11.3 Å². The lowest BCUT2D eigenvalue weighted by Crippen LogP contribution is -2.26. The van der Waals surface area contributed by atoms with Crippen molar-refractivity contribution in [2.75, 3.05) is 0 Å². The van der Waals surface area contributed by atoms with Crippen LogP contribution in [0.5, 0.6) is 0 Å². The number of thiophene rings is 1. The second-order valence-corrected chi connectivity index (χ2v) is 7.07. The first-order valence-electron chi connectivity index (χ1n) is 8.84. The summed E-state index contributed by atoms with van der Waals surface area (Å²) in [5.74, 6) is -0.269. The Balaban J connectivity index is 1.73. The highest BCUT2D eigenvalue weighted by Gasteiger charge is 2.18. The number of hydrogen-bond acceptors (Lipinski definition) is 6. The number of nitrogens with zero attached hydrogens (tertiary/aromatic N) is 3. The molecule has 2 aromatic carbocycles. The van der Waals surface area contributed by atoms with Gasteiger partial charge in [0.1, 0.15) is 18.0 Å². The molecule has 4 aromatic rings. The van der Waals surface area contributed by atoms with Crippen LogP contribution in [0.25, 0.3) is 21.3 Å². The molecule has 0 fully saturated rings. The first-order chi connectivity index (χ1) is 14.2. The van der Waals surface area contributed by atoms with Crippen molar-refractivity contribution < 1.29 is 9.53 Å². The number of rotatable bonds is 5. The van der Waals surface area contributed by atoms with Gasteiger partial charge in [0.05, 0.1) is 17.0 Å². The first-order valence-corrected chi connectivity index (χ1v) is 9.72. The largest absolute Gasteiger partial charge is 0.454 e. The smallest absolute Gasteiger partial charge is 0.338 e. The van der Waals surface area contributed by atoms with Crippen LogP contribution >= 0.6 is 11.3 Å². The highest BCUT2D eigenvalue weighted by Crippen LogP contribution is 2.30. The summed E-state index contributed by atoms with van der Waals surface area (Å²) in [7, 11) is 0. The molecule has 6 nitrogen and oxygen atoms in total. The van der Waals surface area contributed by atoms with Crippen LogP contribution in [0.15, 0.2) is 70.8 Å². The number of esters is 1. The number of ether oxygens (including phenoxy) is 1. The van der Waals surface area contributed by atoms with Crippen molar-refractivity contribution in [3.05, 3.63) is 87.8 Å². The van der Waals surface area contributed by atoms with E-state index in [0.29, 0.717) is 15.8 Å². The van der Waals surface area contributed by atoms with E-state index in [1.54, 1.807) is 30.3 Å². The summed E-state index contributed by atoms with van der Waals surface area (Å²) in [6.45, 7) is -0.372. The maximum atomic E-state index is 13.1. The molecule has 0 amide bonds. The zero-order chi connectivity index (χ0) is 20.2. The van der Waals surface area contributed by atoms with E-state index in [4.69, 9.17) is 4.74 Å². The van der Waals surface area contributed by atoms with Crippen molar-refractivity contribution in [1.29, 1.82) is 5.26 Å². The molecule has 0 spiro atoms. The lowest BCUT2D eigenvalue weighted by molar-refractivity contribution is 0.0457. The van der Waals surface area contributed by atoms with Gasteiger partial charge in [0.2, 0.25) is 0 Å². The van der Waals surface area contributed by atoms with Gasteiger partial charge < -0.3 is 4.74 Å². The molecule has 2 aromatic heterocycles. The standard InChI is InChI=1S/C22H15N3O3S/c23-11-12-25-18(13-28-22(27)16-9-5-2-6-10-16)24-20-19(21(25)26)17(14-29-20)15-7-3-1-4-8-15/h1-10,14H,12-13H2. The van der Waals surface area contributed by atoms with Crippen LogP contribution in [0.3, 0.4) is 0 Å². The third kappa shape index (κ3) is 3.66. The van der Waals surface area contributed by atoms with Gasteiger partial charge >= 0.3 is 5.97 Å². The fraction of sp³-hybridized carbons (Fsp3) is 0.0909. The summed E-state index contributed by atoms with van der Waals surface area (Å²) in [5, 5.41) is 11.5. The Morgan fingerprint density at radius 2 is 1.79 bits per heavy atom. The van der Waals surface area contributed by atoms with Gasteiger partial charge in [-0.2, -0.15) is 5.26 Å². The van der Waals surface area contributed by atoms with Gasteiger partial charge in [-0.25, -0.2) is 9.78 Å². The van der Waals surface area contributed by atoms with Crippen LogP contribution in [0.4, 0.5) is 0 Å². The normalized spacial score (nSPS) is 10.6. The second-order valence-electron chi connectivity index (χ2n) is 6.22. The molecule has 0 unspecified atom stereocenters. The van der Waals surface area contributed by atoms with E-state index < -0.39 is 5.97 Å². The van der Waals surface area contributed by atoms with Crippen LogP contribution in [0.1, 0.15) is 16.2 Å². The van der Waals surface area contributed by atoms with Gasteiger partial charge in [0, 0.05) is 10.9 Å². The molecule has 0 bridgehead atoms. The molecule has 0 aliphatic heterocycles. The van der Waals surface area contributed by atoms with E-state index in [1.165, 1.54) is 15.9 Å². The predicted molar refractivity (Wildman–Crippen MR) is 110 cm³/mol. The maximum Gasteiger partial charge on any atom is 0.338 e. The van der Waals surface area contributed by atoms with E-state index in [1.807, 2.05) is 41.8 Å². The molecular formula is C22H15N3O3S. The van der Waals surface area contributed by atoms with E-state index in [9.17, 15) is 14.9 Å². The van der Waals surface area contributed by atoms with Crippen molar-refractivity contribution in [2.24, 2.45) is 0 Å². The zero-order valence-corrected chi connectivity index (χ0v) is 16.1. The fourth-order valence-electron chi connectivity index (χ4n) is 3.03. The summed E-state index contributed by atoms with van der Waals surface area (Å²) >= 11 is 1.35. The minimum Gasteiger partial charge on any atom is -0.454 e. The molecule has 142 valence electrons. The number of benzene rings is 2. The highest BCUT2D eigenvalue weighted by molar-refractivity contribution is 7.17. The van der Waals surface area contributed by atoms with Crippen molar-refractivity contribution >= 4 is 27.5 Å². The number of carbonyl (C=O) groups is 1. The van der Waals surface area contributed by atoms with Crippen molar-refractivity contribution in [1.82, 2.24) is 9.55 Å². The summed E-state index contributed by atoms with van der Waals surface area (Å²) in [6, 6.07) is 20.1. The van der Waals surface area contributed by atoms with Crippen LogP contribution in [-0.4, -0.2) is 15.5 Å². The van der Waals surface area contributed by atoms with Crippen LogP contribution in [-0.2, 0) is 17.9 Å². The van der Waals surface area contributed by atoms with Gasteiger partial charge in [-0.05, 0) is 17.7 Å². The molecule has 0 atom stereocenters. The van der Waals surface area contributed by atoms with Crippen LogP contribution in [0.2, 0.25) is 0 Å². The Bertz CT molecular complexity index is 1270. The Kier molecular flexibility index (Phi) is 5.18. The molecule has 0 aliphatic rings. The third-order valence-electron chi connectivity index (χ3n) is 4.43. The minimum atomic E-state index is -0.514. The number of fused-ring (bicyclic) bond motifs is 1. The molecule has 29 heavy (non-hydrogen) atoms. The SMILES string of the molecule is N#CCn1c(COC(=O)c2ccccc2)nc2scc(-c3ccccc3)c2c1=O. The summed E-state index contributed by atoms with van der Waals surface area (Å²) < 4.78 is 6.59. The quantitative estimate of drug-likeness (QED) is 0.472. The second kappa shape index (κ2) is 8.09. The number of hydrogen-bond donors (Lipinski definition) is 0. The molecule has 4 rings (SSSR count). The van der Waals surface area contributed by atoms with Gasteiger partial charge in [-0.1, -0.05) is 48.5 Å². The number of carbonyl (C=O) groups excluding carboxylic acids is 1. The molecule has 7 heteroatoms. The summed E-state index contributed by atoms with van der Waals surface area (Å²) in [5.41, 5.74) is 1.78. The monoisotopic (exact) mass is 401 g/mol.